The summed E-state index contributed by atoms with van der Waals surface area (Å²) in [6.07, 6.45) is 2.90. The monoisotopic (exact) mass is 278 g/mol. The number of aliphatic carboxylic acids is 1. The quantitative estimate of drug-likeness (QED) is 0.772. The van der Waals surface area contributed by atoms with Crippen molar-refractivity contribution in [3.05, 3.63) is 34.2 Å². The molecule has 108 valence electrons. The molecule has 0 saturated heterocycles. The van der Waals surface area contributed by atoms with Crippen LogP contribution in [0.15, 0.2) is 23.0 Å². The van der Waals surface area contributed by atoms with Crippen LogP contribution in [0.5, 0.6) is 0 Å². The molecule has 2 rings (SSSR count). The summed E-state index contributed by atoms with van der Waals surface area (Å²) in [5.74, 6) is -1.72. The Hall–Kier alpha value is -2.11. The number of nitrogens with one attached hydrogen (secondary N) is 2. The van der Waals surface area contributed by atoms with Gasteiger partial charge in [0.05, 0.1) is 0 Å². The third kappa shape index (κ3) is 2.59. The first-order valence-corrected chi connectivity index (χ1v) is 6.71. The number of H-pyrrole nitrogens is 1. The largest absolute Gasteiger partial charge is 0.479 e. The van der Waals surface area contributed by atoms with Crippen molar-refractivity contribution in [2.24, 2.45) is 5.92 Å². The molecule has 2 unspecified atom stereocenters. The molecular formula is C14H18N2O4. The molecule has 6 nitrogen and oxygen atoms in total. The van der Waals surface area contributed by atoms with E-state index in [9.17, 15) is 19.5 Å². The van der Waals surface area contributed by atoms with E-state index in [4.69, 9.17) is 0 Å². The number of carbonyl (C=O) groups is 2. The van der Waals surface area contributed by atoms with Gasteiger partial charge in [-0.3, -0.25) is 9.59 Å². The maximum Gasteiger partial charge on any atom is 0.329 e. The van der Waals surface area contributed by atoms with Crippen LogP contribution in [0.2, 0.25) is 0 Å². The predicted molar refractivity (Wildman–Crippen MR) is 72.5 cm³/mol. The Morgan fingerprint density at radius 1 is 1.40 bits per heavy atom. The van der Waals surface area contributed by atoms with E-state index in [1.165, 1.54) is 18.2 Å². The number of carboxylic acids is 1. The van der Waals surface area contributed by atoms with Crippen molar-refractivity contribution < 1.29 is 14.7 Å². The Kier molecular flexibility index (Phi) is 3.92. The van der Waals surface area contributed by atoms with E-state index in [-0.39, 0.29) is 11.6 Å². The van der Waals surface area contributed by atoms with Crippen molar-refractivity contribution in [2.75, 3.05) is 0 Å². The van der Waals surface area contributed by atoms with Gasteiger partial charge in [0.2, 0.25) is 5.56 Å². The van der Waals surface area contributed by atoms with Gasteiger partial charge < -0.3 is 15.4 Å². The summed E-state index contributed by atoms with van der Waals surface area (Å²) in [5, 5.41) is 12.1. The first-order chi connectivity index (χ1) is 9.45. The zero-order valence-corrected chi connectivity index (χ0v) is 11.3. The van der Waals surface area contributed by atoms with Gasteiger partial charge in [-0.15, -0.1) is 0 Å². The van der Waals surface area contributed by atoms with E-state index in [1.54, 1.807) is 0 Å². The van der Waals surface area contributed by atoms with Gasteiger partial charge in [-0.1, -0.05) is 25.8 Å². The van der Waals surface area contributed by atoms with E-state index in [0.717, 1.165) is 19.3 Å². The molecule has 3 N–H and O–H groups in total. The highest BCUT2D eigenvalue weighted by Gasteiger charge is 2.46. The van der Waals surface area contributed by atoms with Crippen LogP contribution in [0.4, 0.5) is 0 Å². The average molecular weight is 278 g/mol. The number of hydrogen-bond acceptors (Lipinski definition) is 3. The minimum absolute atomic E-state index is 0.0795. The number of hydrogen-bond donors (Lipinski definition) is 3. The lowest BCUT2D eigenvalue weighted by molar-refractivity contribution is -0.148. The van der Waals surface area contributed by atoms with Crippen LogP contribution < -0.4 is 10.9 Å². The molecule has 20 heavy (non-hydrogen) atoms. The minimum Gasteiger partial charge on any atom is -0.479 e. The number of pyridine rings is 1. The van der Waals surface area contributed by atoms with E-state index >= 15 is 0 Å². The van der Waals surface area contributed by atoms with Crippen molar-refractivity contribution in [3.63, 3.8) is 0 Å². The highest BCUT2D eigenvalue weighted by atomic mass is 16.4. The van der Waals surface area contributed by atoms with Gasteiger partial charge in [-0.2, -0.15) is 0 Å². The van der Waals surface area contributed by atoms with Gasteiger partial charge in [0.1, 0.15) is 11.2 Å². The second kappa shape index (κ2) is 5.48. The summed E-state index contributed by atoms with van der Waals surface area (Å²) in [5.41, 5.74) is -1.56. The Morgan fingerprint density at radius 3 is 2.75 bits per heavy atom. The third-order valence-electron chi connectivity index (χ3n) is 4.03. The standard InChI is InChI=1S/C14H18N2O4/c1-9-5-2-3-8-14(9,13(19)20)16-12(18)10-6-4-7-11(17)15-10/h4,6-7,9H,2-3,5,8H2,1H3,(H,15,17)(H,16,18)(H,19,20). The van der Waals surface area contributed by atoms with Crippen LogP contribution >= 0.6 is 0 Å². The maximum absolute atomic E-state index is 12.2. The van der Waals surface area contributed by atoms with Crippen LogP contribution in [0, 0.1) is 5.92 Å². The molecule has 0 spiro atoms. The SMILES string of the molecule is CC1CCCCC1(NC(=O)c1cccc(=O)[nH]1)C(=O)O. The van der Waals surface area contributed by atoms with Crippen LogP contribution in [0.3, 0.4) is 0 Å². The fourth-order valence-electron chi connectivity index (χ4n) is 2.75. The fraction of sp³-hybridized carbons (Fsp3) is 0.500. The summed E-state index contributed by atoms with van der Waals surface area (Å²) < 4.78 is 0. The van der Waals surface area contributed by atoms with Gasteiger partial charge in [0, 0.05) is 6.07 Å². The first kappa shape index (κ1) is 14.3. The summed E-state index contributed by atoms with van der Waals surface area (Å²) in [6, 6.07) is 4.22. The molecule has 2 atom stereocenters. The lowest BCUT2D eigenvalue weighted by Gasteiger charge is -2.39. The van der Waals surface area contributed by atoms with Crippen molar-refractivity contribution in [3.8, 4) is 0 Å². The molecule has 0 aliphatic heterocycles. The Balaban J connectivity index is 2.27. The van der Waals surface area contributed by atoms with Gasteiger partial charge in [0.15, 0.2) is 0 Å². The molecule has 1 heterocycles. The van der Waals surface area contributed by atoms with Gasteiger partial charge >= 0.3 is 5.97 Å². The molecule has 1 aliphatic carbocycles. The molecule has 0 radical (unpaired) electrons. The highest BCUT2D eigenvalue weighted by Crippen LogP contribution is 2.34. The van der Waals surface area contributed by atoms with Gasteiger partial charge in [-0.25, -0.2) is 4.79 Å². The number of aromatic amines is 1. The molecule has 1 aliphatic rings. The third-order valence-corrected chi connectivity index (χ3v) is 4.03. The molecule has 1 fully saturated rings. The number of amides is 1. The fourth-order valence-corrected chi connectivity index (χ4v) is 2.75. The van der Waals surface area contributed by atoms with Crippen LogP contribution in [0.25, 0.3) is 0 Å². The van der Waals surface area contributed by atoms with Crippen molar-refractivity contribution in [1.29, 1.82) is 0 Å². The lowest BCUT2D eigenvalue weighted by atomic mass is 9.73. The number of carbonyl (C=O) groups excluding carboxylic acids is 1. The van der Waals surface area contributed by atoms with E-state index < -0.39 is 23.0 Å². The average Bonchev–Trinajstić information content (AvgIpc) is 2.41. The van der Waals surface area contributed by atoms with Crippen LogP contribution in [0.1, 0.15) is 43.1 Å². The zero-order chi connectivity index (χ0) is 14.8. The summed E-state index contributed by atoms with van der Waals surface area (Å²) in [4.78, 5) is 37.4. The molecule has 0 bridgehead atoms. The molecule has 1 aromatic heterocycles. The Morgan fingerprint density at radius 2 is 2.15 bits per heavy atom. The molecule has 1 saturated carbocycles. The Bertz CT molecular complexity index is 581. The summed E-state index contributed by atoms with van der Waals surface area (Å²) in [7, 11) is 0. The molecule has 6 heteroatoms. The smallest absolute Gasteiger partial charge is 0.329 e. The lowest BCUT2D eigenvalue weighted by Crippen LogP contribution is -2.60. The summed E-state index contributed by atoms with van der Waals surface area (Å²) in [6.45, 7) is 1.83. The number of carboxylic acid groups (broad SMARTS) is 1. The van der Waals surface area contributed by atoms with Crippen LogP contribution in [-0.2, 0) is 4.79 Å². The van der Waals surface area contributed by atoms with E-state index in [1.807, 2.05) is 6.92 Å². The zero-order valence-electron chi connectivity index (χ0n) is 11.3. The predicted octanol–water partition coefficient (Wildman–Crippen LogP) is 1.14. The van der Waals surface area contributed by atoms with Crippen molar-refractivity contribution in [1.82, 2.24) is 10.3 Å². The minimum atomic E-state index is -1.25. The van der Waals surface area contributed by atoms with Gasteiger partial charge in [-0.05, 0) is 24.8 Å². The molecular weight excluding hydrogens is 260 g/mol. The van der Waals surface area contributed by atoms with Crippen molar-refractivity contribution in [2.45, 2.75) is 38.1 Å². The second-order valence-corrected chi connectivity index (χ2v) is 5.31. The summed E-state index contributed by atoms with van der Waals surface area (Å²) >= 11 is 0. The highest BCUT2D eigenvalue weighted by molar-refractivity contribution is 5.96. The number of rotatable bonds is 3. The van der Waals surface area contributed by atoms with E-state index in [0.29, 0.717) is 6.42 Å². The molecule has 1 amide bonds. The second-order valence-electron chi connectivity index (χ2n) is 5.31. The normalized spacial score (nSPS) is 25.9. The Labute approximate surface area is 116 Å². The van der Waals surface area contributed by atoms with Gasteiger partial charge in [0.25, 0.3) is 5.91 Å². The number of aromatic nitrogens is 1. The van der Waals surface area contributed by atoms with Crippen molar-refractivity contribution >= 4 is 11.9 Å². The topological polar surface area (TPSA) is 99.3 Å². The maximum atomic E-state index is 12.2. The van der Waals surface area contributed by atoms with Crippen LogP contribution in [-0.4, -0.2) is 27.5 Å². The van der Waals surface area contributed by atoms with E-state index in [2.05, 4.69) is 10.3 Å². The first-order valence-electron chi connectivity index (χ1n) is 6.71. The molecule has 1 aromatic rings. The molecule has 0 aromatic carbocycles.